The van der Waals surface area contributed by atoms with Gasteiger partial charge in [-0.2, -0.15) is 0 Å². The fourth-order valence-electron chi connectivity index (χ4n) is 2.29. The van der Waals surface area contributed by atoms with Crippen molar-refractivity contribution in [2.24, 2.45) is 0 Å². The number of carbonyl (C=O) groups is 1. The normalized spacial score (nSPS) is 10.8. The standard InChI is InChI=1S/C21H14Cl2O2/c22-18-10-6-17(20(23)14-18)9-13-21(24)25-19-11-7-16(8-12-19)15-4-2-1-3-5-15/h1-14H. The van der Waals surface area contributed by atoms with Gasteiger partial charge in [0.15, 0.2) is 0 Å². The average Bonchev–Trinajstić information content (AvgIpc) is 2.62. The number of ether oxygens (including phenoxy) is 1. The molecule has 0 bridgehead atoms. The molecule has 0 heterocycles. The van der Waals surface area contributed by atoms with Gasteiger partial charge in [0.05, 0.1) is 0 Å². The summed E-state index contributed by atoms with van der Waals surface area (Å²) in [5.74, 6) is 0.00927. The maximum atomic E-state index is 11.9. The molecule has 0 aromatic heterocycles. The van der Waals surface area contributed by atoms with Gasteiger partial charge in [0.2, 0.25) is 0 Å². The van der Waals surface area contributed by atoms with Crippen LogP contribution < -0.4 is 4.74 Å². The van der Waals surface area contributed by atoms with E-state index in [-0.39, 0.29) is 0 Å². The van der Waals surface area contributed by atoms with Gasteiger partial charge in [-0.05, 0) is 47.0 Å². The van der Waals surface area contributed by atoms with Gasteiger partial charge < -0.3 is 4.74 Å². The zero-order valence-electron chi connectivity index (χ0n) is 13.2. The first-order valence-corrected chi connectivity index (χ1v) is 8.38. The second kappa shape index (κ2) is 8.02. The Balaban J connectivity index is 1.66. The minimum atomic E-state index is -0.474. The Labute approximate surface area is 156 Å². The van der Waals surface area contributed by atoms with Crippen LogP contribution in [0.4, 0.5) is 0 Å². The zero-order chi connectivity index (χ0) is 17.6. The van der Waals surface area contributed by atoms with Crippen molar-refractivity contribution in [3.8, 4) is 16.9 Å². The molecular weight excluding hydrogens is 355 g/mol. The van der Waals surface area contributed by atoms with Crippen molar-refractivity contribution in [3.63, 3.8) is 0 Å². The Morgan fingerprint density at radius 1 is 0.840 bits per heavy atom. The SMILES string of the molecule is O=C(C=Cc1ccc(Cl)cc1Cl)Oc1ccc(-c2ccccc2)cc1. The molecule has 0 aliphatic carbocycles. The summed E-state index contributed by atoms with van der Waals surface area (Å²) in [6, 6.07) is 22.4. The molecule has 2 nitrogen and oxygen atoms in total. The van der Waals surface area contributed by atoms with Crippen molar-refractivity contribution in [2.75, 3.05) is 0 Å². The molecule has 3 aromatic rings. The van der Waals surface area contributed by atoms with E-state index < -0.39 is 5.97 Å². The average molecular weight is 369 g/mol. The summed E-state index contributed by atoms with van der Waals surface area (Å²) in [6.45, 7) is 0. The van der Waals surface area contributed by atoms with Gasteiger partial charge in [-0.25, -0.2) is 4.79 Å². The van der Waals surface area contributed by atoms with Crippen molar-refractivity contribution in [3.05, 3.63) is 94.5 Å². The third-order valence-electron chi connectivity index (χ3n) is 3.54. The minimum Gasteiger partial charge on any atom is -0.423 e. The van der Waals surface area contributed by atoms with Gasteiger partial charge in [0.25, 0.3) is 0 Å². The van der Waals surface area contributed by atoms with Crippen LogP contribution in [0.1, 0.15) is 5.56 Å². The Morgan fingerprint density at radius 3 is 2.20 bits per heavy atom. The van der Waals surface area contributed by atoms with E-state index in [0.29, 0.717) is 21.4 Å². The van der Waals surface area contributed by atoms with Gasteiger partial charge >= 0.3 is 5.97 Å². The van der Waals surface area contributed by atoms with E-state index in [4.69, 9.17) is 27.9 Å². The van der Waals surface area contributed by atoms with Crippen LogP contribution in [0.25, 0.3) is 17.2 Å². The number of halogens is 2. The predicted octanol–water partition coefficient (Wildman–Crippen LogP) is 6.28. The van der Waals surface area contributed by atoms with Crippen LogP contribution >= 0.6 is 23.2 Å². The Hall–Kier alpha value is -2.55. The first-order valence-electron chi connectivity index (χ1n) is 7.62. The molecule has 0 fully saturated rings. The number of rotatable bonds is 4. The van der Waals surface area contributed by atoms with Crippen molar-refractivity contribution in [1.82, 2.24) is 0 Å². The molecule has 0 radical (unpaired) electrons. The van der Waals surface area contributed by atoms with Crippen LogP contribution in [0.15, 0.2) is 78.9 Å². The number of esters is 1. The molecule has 0 spiro atoms. The Bertz CT molecular complexity index is 901. The molecule has 0 aliphatic rings. The first-order chi connectivity index (χ1) is 12.1. The maximum Gasteiger partial charge on any atom is 0.336 e. The maximum absolute atomic E-state index is 11.9. The van der Waals surface area contributed by atoms with Crippen LogP contribution in [-0.4, -0.2) is 5.97 Å². The van der Waals surface area contributed by atoms with Crippen LogP contribution in [0.2, 0.25) is 10.0 Å². The fourth-order valence-corrected chi connectivity index (χ4v) is 2.76. The zero-order valence-corrected chi connectivity index (χ0v) is 14.7. The van der Waals surface area contributed by atoms with E-state index in [1.165, 1.54) is 6.08 Å². The number of benzene rings is 3. The summed E-state index contributed by atoms with van der Waals surface area (Å²) >= 11 is 11.9. The highest BCUT2D eigenvalue weighted by molar-refractivity contribution is 6.35. The van der Waals surface area contributed by atoms with E-state index in [9.17, 15) is 4.79 Å². The topological polar surface area (TPSA) is 26.3 Å². The minimum absolute atomic E-state index is 0.474. The molecule has 0 saturated heterocycles. The molecule has 3 aromatic carbocycles. The Kier molecular flexibility index (Phi) is 5.54. The van der Waals surface area contributed by atoms with E-state index in [0.717, 1.165) is 11.1 Å². The second-order valence-electron chi connectivity index (χ2n) is 5.31. The molecule has 0 atom stereocenters. The molecule has 0 amide bonds. The summed E-state index contributed by atoms with van der Waals surface area (Å²) in [4.78, 5) is 11.9. The smallest absolute Gasteiger partial charge is 0.336 e. The molecule has 0 saturated carbocycles. The molecule has 4 heteroatoms. The van der Waals surface area contributed by atoms with Gasteiger partial charge in [-0.15, -0.1) is 0 Å². The number of hydrogen-bond acceptors (Lipinski definition) is 2. The lowest BCUT2D eigenvalue weighted by molar-refractivity contribution is -0.128. The van der Waals surface area contributed by atoms with Crippen LogP contribution in [0.5, 0.6) is 5.75 Å². The lowest BCUT2D eigenvalue weighted by Gasteiger charge is -2.04. The summed E-state index contributed by atoms with van der Waals surface area (Å²) in [6.07, 6.45) is 2.93. The van der Waals surface area contributed by atoms with Crippen molar-refractivity contribution in [1.29, 1.82) is 0 Å². The highest BCUT2D eigenvalue weighted by Crippen LogP contribution is 2.23. The number of hydrogen-bond donors (Lipinski definition) is 0. The van der Waals surface area contributed by atoms with E-state index >= 15 is 0 Å². The van der Waals surface area contributed by atoms with Gasteiger partial charge in [0, 0.05) is 16.1 Å². The highest BCUT2D eigenvalue weighted by Gasteiger charge is 2.03. The molecular formula is C21H14Cl2O2. The van der Waals surface area contributed by atoms with Gasteiger partial charge in [-0.1, -0.05) is 71.7 Å². The molecule has 3 rings (SSSR count). The molecule has 25 heavy (non-hydrogen) atoms. The Morgan fingerprint density at radius 2 is 1.52 bits per heavy atom. The van der Waals surface area contributed by atoms with Crippen LogP contribution in [-0.2, 0) is 4.79 Å². The predicted molar refractivity (Wildman–Crippen MR) is 103 cm³/mol. The first kappa shape index (κ1) is 17.3. The molecule has 0 unspecified atom stereocenters. The third-order valence-corrected chi connectivity index (χ3v) is 4.10. The lowest BCUT2D eigenvalue weighted by Crippen LogP contribution is -2.03. The lowest BCUT2D eigenvalue weighted by atomic mass is 10.1. The summed E-state index contributed by atoms with van der Waals surface area (Å²) in [5, 5.41) is 1.02. The monoisotopic (exact) mass is 368 g/mol. The number of carbonyl (C=O) groups excluding carboxylic acids is 1. The molecule has 0 aliphatic heterocycles. The molecule has 0 N–H and O–H groups in total. The summed E-state index contributed by atoms with van der Waals surface area (Å²) < 4.78 is 5.30. The summed E-state index contributed by atoms with van der Waals surface area (Å²) in [7, 11) is 0. The van der Waals surface area contributed by atoms with E-state index in [2.05, 4.69) is 0 Å². The van der Waals surface area contributed by atoms with Crippen molar-refractivity contribution >= 4 is 35.2 Å². The van der Waals surface area contributed by atoms with Crippen molar-refractivity contribution < 1.29 is 9.53 Å². The van der Waals surface area contributed by atoms with E-state index in [1.807, 2.05) is 42.5 Å². The van der Waals surface area contributed by atoms with Crippen LogP contribution in [0.3, 0.4) is 0 Å². The van der Waals surface area contributed by atoms with Crippen molar-refractivity contribution in [2.45, 2.75) is 0 Å². The summed E-state index contributed by atoms with van der Waals surface area (Å²) in [5.41, 5.74) is 2.86. The third kappa shape index (κ3) is 4.72. The molecule has 124 valence electrons. The van der Waals surface area contributed by atoms with Gasteiger partial charge in [0.1, 0.15) is 5.75 Å². The second-order valence-corrected chi connectivity index (χ2v) is 6.15. The van der Waals surface area contributed by atoms with Gasteiger partial charge in [-0.3, -0.25) is 0 Å². The largest absolute Gasteiger partial charge is 0.423 e. The quantitative estimate of drug-likeness (QED) is 0.307. The van der Waals surface area contributed by atoms with E-state index in [1.54, 1.807) is 36.4 Å². The fraction of sp³-hybridized carbons (Fsp3) is 0. The highest BCUT2D eigenvalue weighted by atomic mass is 35.5. The van der Waals surface area contributed by atoms with Crippen LogP contribution in [0, 0.1) is 0 Å².